The number of hydrogen-bond donors (Lipinski definition) is 2. The normalized spacial score (nSPS) is 9.50. The van der Waals surface area contributed by atoms with Crippen LogP contribution in [-0.2, 0) is 9.53 Å². The molecule has 0 heterocycles. The van der Waals surface area contributed by atoms with Crippen molar-refractivity contribution in [2.75, 3.05) is 27.0 Å². The molecule has 7 heteroatoms. The van der Waals surface area contributed by atoms with Crippen molar-refractivity contribution in [1.29, 1.82) is 0 Å². The quantitative estimate of drug-likeness (QED) is 0.573. The van der Waals surface area contributed by atoms with Crippen LogP contribution in [0.3, 0.4) is 0 Å². The highest BCUT2D eigenvalue weighted by Gasteiger charge is 2.04. The molecule has 110 valence electrons. The van der Waals surface area contributed by atoms with Crippen LogP contribution in [-0.4, -0.2) is 39.0 Å². The number of rotatable bonds is 7. The smallest absolute Gasteiger partial charge is 0.325 e. The van der Waals surface area contributed by atoms with E-state index in [1.807, 2.05) is 6.92 Å². The summed E-state index contributed by atoms with van der Waals surface area (Å²) in [6.07, 6.45) is 0. The van der Waals surface area contributed by atoms with E-state index in [2.05, 4.69) is 15.4 Å². The molecule has 0 saturated carbocycles. The number of methoxy groups -OCH3 is 1. The minimum Gasteiger partial charge on any atom is -0.494 e. The van der Waals surface area contributed by atoms with Crippen molar-refractivity contribution in [3.05, 3.63) is 24.3 Å². The van der Waals surface area contributed by atoms with Crippen LogP contribution < -0.4 is 20.1 Å². The molecule has 0 unspecified atom stereocenters. The molecule has 1 rings (SSSR count). The standard InChI is InChI=1S/C13H18N2O5/c1-3-19-10-4-6-11(7-5-10)20-9-15-13(17)14-8-12(16)18-2/h4-7H,3,8-9H2,1-2H3,(H2,14,15,17). The van der Waals surface area contributed by atoms with Crippen LogP contribution in [0.15, 0.2) is 24.3 Å². The molecule has 0 radical (unpaired) electrons. The minimum atomic E-state index is -0.521. The molecule has 0 fully saturated rings. The Balaban J connectivity index is 2.23. The van der Waals surface area contributed by atoms with Crippen LogP contribution in [0.2, 0.25) is 0 Å². The summed E-state index contributed by atoms with van der Waals surface area (Å²) in [5.41, 5.74) is 0. The molecule has 0 saturated heterocycles. The van der Waals surface area contributed by atoms with E-state index in [0.717, 1.165) is 5.75 Å². The maximum absolute atomic E-state index is 11.3. The van der Waals surface area contributed by atoms with Gasteiger partial charge in [-0.2, -0.15) is 0 Å². The van der Waals surface area contributed by atoms with Crippen LogP contribution in [0.25, 0.3) is 0 Å². The van der Waals surface area contributed by atoms with Gasteiger partial charge in [-0.25, -0.2) is 4.79 Å². The van der Waals surface area contributed by atoms with Crippen LogP contribution >= 0.6 is 0 Å². The van der Waals surface area contributed by atoms with Gasteiger partial charge in [0.2, 0.25) is 0 Å². The zero-order valence-electron chi connectivity index (χ0n) is 11.5. The number of carbonyl (C=O) groups is 2. The topological polar surface area (TPSA) is 85.9 Å². The molecule has 20 heavy (non-hydrogen) atoms. The first kappa shape index (κ1) is 15.6. The summed E-state index contributed by atoms with van der Waals surface area (Å²) >= 11 is 0. The van der Waals surface area contributed by atoms with Gasteiger partial charge in [-0.05, 0) is 31.2 Å². The van der Waals surface area contributed by atoms with E-state index in [-0.39, 0.29) is 13.3 Å². The number of nitrogens with one attached hydrogen (secondary N) is 2. The van der Waals surface area contributed by atoms with E-state index in [1.165, 1.54) is 7.11 Å². The van der Waals surface area contributed by atoms with Gasteiger partial charge in [0.15, 0.2) is 6.73 Å². The molecule has 0 aromatic heterocycles. The molecule has 0 atom stereocenters. The minimum absolute atomic E-state index is 0.0129. The van der Waals surface area contributed by atoms with Crippen LogP contribution in [0.5, 0.6) is 11.5 Å². The fourth-order valence-electron chi connectivity index (χ4n) is 1.27. The number of hydrogen-bond acceptors (Lipinski definition) is 5. The summed E-state index contributed by atoms with van der Waals surface area (Å²) in [5, 5.41) is 4.76. The monoisotopic (exact) mass is 282 g/mol. The Bertz CT molecular complexity index is 433. The summed E-state index contributed by atoms with van der Waals surface area (Å²) in [7, 11) is 1.25. The average Bonchev–Trinajstić information content (AvgIpc) is 2.47. The molecule has 7 nitrogen and oxygen atoms in total. The van der Waals surface area contributed by atoms with E-state index >= 15 is 0 Å². The van der Waals surface area contributed by atoms with Crippen molar-refractivity contribution in [2.45, 2.75) is 6.92 Å². The highest BCUT2D eigenvalue weighted by molar-refractivity contribution is 5.80. The van der Waals surface area contributed by atoms with Gasteiger partial charge in [0, 0.05) is 0 Å². The largest absolute Gasteiger partial charge is 0.494 e. The number of amides is 2. The van der Waals surface area contributed by atoms with Crippen molar-refractivity contribution in [3.8, 4) is 11.5 Å². The van der Waals surface area contributed by atoms with Crippen molar-refractivity contribution < 1.29 is 23.8 Å². The fourth-order valence-corrected chi connectivity index (χ4v) is 1.27. The maximum atomic E-state index is 11.3. The van der Waals surface area contributed by atoms with E-state index in [4.69, 9.17) is 9.47 Å². The van der Waals surface area contributed by atoms with Crippen molar-refractivity contribution in [1.82, 2.24) is 10.6 Å². The molecule has 1 aromatic carbocycles. The summed E-state index contributed by atoms with van der Waals surface area (Å²) < 4.78 is 15.0. The van der Waals surface area contributed by atoms with E-state index in [9.17, 15) is 9.59 Å². The third kappa shape index (κ3) is 5.94. The van der Waals surface area contributed by atoms with E-state index in [0.29, 0.717) is 12.4 Å². The lowest BCUT2D eigenvalue weighted by Crippen LogP contribution is -2.40. The second-order valence-electron chi connectivity index (χ2n) is 3.63. The molecule has 0 bridgehead atoms. The van der Waals surface area contributed by atoms with Crippen molar-refractivity contribution >= 4 is 12.0 Å². The number of ether oxygens (including phenoxy) is 3. The summed E-state index contributed by atoms with van der Waals surface area (Å²) in [6.45, 7) is 2.30. The fraction of sp³-hybridized carbons (Fsp3) is 0.385. The molecule has 1 aromatic rings. The molecule has 0 aliphatic heterocycles. The molecule has 2 amide bonds. The van der Waals surface area contributed by atoms with Gasteiger partial charge in [0.1, 0.15) is 18.0 Å². The molecular weight excluding hydrogens is 264 g/mol. The lowest BCUT2D eigenvalue weighted by molar-refractivity contribution is -0.139. The number of benzene rings is 1. The third-order valence-electron chi connectivity index (χ3n) is 2.23. The third-order valence-corrected chi connectivity index (χ3v) is 2.23. The highest BCUT2D eigenvalue weighted by Crippen LogP contribution is 2.16. The first-order valence-electron chi connectivity index (χ1n) is 6.10. The van der Waals surface area contributed by atoms with Crippen LogP contribution in [0, 0.1) is 0 Å². The predicted octanol–water partition coefficient (Wildman–Crippen LogP) is 0.894. The van der Waals surface area contributed by atoms with Gasteiger partial charge in [-0.15, -0.1) is 0 Å². The maximum Gasteiger partial charge on any atom is 0.325 e. The zero-order chi connectivity index (χ0) is 14.8. The Kier molecular flexibility index (Phi) is 6.74. The Morgan fingerprint density at radius 1 is 1.05 bits per heavy atom. The Labute approximate surface area is 117 Å². The first-order valence-corrected chi connectivity index (χ1v) is 6.10. The molecule has 0 aliphatic rings. The average molecular weight is 282 g/mol. The van der Waals surface area contributed by atoms with Gasteiger partial charge in [0.05, 0.1) is 13.7 Å². The molecule has 0 spiro atoms. The lowest BCUT2D eigenvalue weighted by Gasteiger charge is -2.09. The number of urea groups is 1. The van der Waals surface area contributed by atoms with E-state index < -0.39 is 12.0 Å². The van der Waals surface area contributed by atoms with Crippen molar-refractivity contribution in [2.24, 2.45) is 0 Å². The van der Waals surface area contributed by atoms with Gasteiger partial charge >= 0.3 is 12.0 Å². The molecule has 2 N–H and O–H groups in total. The lowest BCUT2D eigenvalue weighted by atomic mass is 10.3. The summed E-state index contributed by atoms with van der Waals surface area (Å²) in [5.74, 6) is 0.831. The highest BCUT2D eigenvalue weighted by atomic mass is 16.5. The van der Waals surface area contributed by atoms with Gasteiger partial charge < -0.3 is 24.8 Å². The van der Waals surface area contributed by atoms with Gasteiger partial charge in [-0.3, -0.25) is 4.79 Å². The van der Waals surface area contributed by atoms with Crippen LogP contribution in [0.4, 0.5) is 4.79 Å². The zero-order valence-corrected chi connectivity index (χ0v) is 11.5. The first-order chi connectivity index (χ1) is 9.65. The van der Waals surface area contributed by atoms with Crippen molar-refractivity contribution in [3.63, 3.8) is 0 Å². The SMILES string of the molecule is CCOc1ccc(OCNC(=O)NCC(=O)OC)cc1. The van der Waals surface area contributed by atoms with Gasteiger partial charge in [0.25, 0.3) is 0 Å². The predicted molar refractivity (Wildman–Crippen MR) is 71.7 cm³/mol. The summed E-state index contributed by atoms with van der Waals surface area (Å²) in [4.78, 5) is 22.1. The Morgan fingerprint density at radius 3 is 2.20 bits per heavy atom. The Hall–Kier alpha value is -2.44. The molecule has 0 aliphatic carbocycles. The van der Waals surface area contributed by atoms with Crippen LogP contribution in [0.1, 0.15) is 6.92 Å². The molecular formula is C13H18N2O5. The Morgan fingerprint density at radius 2 is 1.65 bits per heavy atom. The summed E-state index contributed by atoms with van der Waals surface area (Å²) in [6, 6.07) is 6.51. The number of esters is 1. The number of carbonyl (C=O) groups excluding carboxylic acids is 2. The van der Waals surface area contributed by atoms with E-state index in [1.54, 1.807) is 24.3 Å². The van der Waals surface area contributed by atoms with Gasteiger partial charge in [-0.1, -0.05) is 0 Å². The second-order valence-corrected chi connectivity index (χ2v) is 3.63. The second kappa shape index (κ2) is 8.63.